The molecule has 1 saturated carbocycles. The largest absolute Gasteiger partial charge is 0.497 e. The van der Waals surface area contributed by atoms with Gasteiger partial charge in [-0.3, -0.25) is 14.5 Å². The molecule has 0 amide bonds. The maximum absolute atomic E-state index is 5.80. The van der Waals surface area contributed by atoms with E-state index >= 15 is 0 Å². The molecule has 1 aromatic carbocycles. The summed E-state index contributed by atoms with van der Waals surface area (Å²) in [7, 11) is 3.39. The van der Waals surface area contributed by atoms with Gasteiger partial charge in [-0.2, -0.15) is 5.10 Å². The molecule has 0 saturated heterocycles. The SMILES string of the molecule is COCCn1c(-c2ccncc2)nn(CN(Cc2ccc(OC)cc2)C2CC2)c1=S. The summed E-state index contributed by atoms with van der Waals surface area (Å²) in [5.74, 6) is 1.72. The summed E-state index contributed by atoms with van der Waals surface area (Å²) in [4.78, 5) is 6.57. The van der Waals surface area contributed by atoms with E-state index in [9.17, 15) is 0 Å². The van der Waals surface area contributed by atoms with Crippen LogP contribution in [-0.2, 0) is 24.5 Å². The molecule has 0 aliphatic heterocycles. The third-order valence-electron chi connectivity index (χ3n) is 5.30. The lowest BCUT2D eigenvalue weighted by Gasteiger charge is -2.22. The number of benzene rings is 1. The Bertz CT molecular complexity index is 1010. The van der Waals surface area contributed by atoms with Gasteiger partial charge < -0.3 is 9.47 Å². The van der Waals surface area contributed by atoms with Gasteiger partial charge in [0.1, 0.15) is 5.75 Å². The average Bonchev–Trinajstić information content (AvgIpc) is 3.59. The van der Waals surface area contributed by atoms with Crippen LogP contribution in [0.3, 0.4) is 0 Å². The van der Waals surface area contributed by atoms with Crippen molar-refractivity contribution in [1.29, 1.82) is 0 Å². The van der Waals surface area contributed by atoms with Crippen LogP contribution in [0, 0.1) is 4.77 Å². The lowest BCUT2D eigenvalue weighted by Crippen LogP contribution is -2.29. The average molecular weight is 426 g/mol. The number of ether oxygens (including phenoxy) is 2. The molecule has 1 fully saturated rings. The van der Waals surface area contributed by atoms with Crippen molar-refractivity contribution in [2.24, 2.45) is 0 Å². The Hall–Kier alpha value is -2.55. The quantitative estimate of drug-likeness (QED) is 0.461. The van der Waals surface area contributed by atoms with E-state index < -0.39 is 0 Å². The van der Waals surface area contributed by atoms with Crippen LogP contribution in [0.15, 0.2) is 48.8 Å². The normalized spacial score (nSPS) is 13.7. The van der Waals surface area contributed by atoms with Crippen molar-refractivity contribution < 1.29 is 9.47 Å². The van der Waals surface area contributed by atoms with Crippen LogP contribution in [0.2, 0.25) is 0 Å². The lowest BCUT2D eigenvalue weighted by atomic mass is 10.2. The topological polar surface area (TPSA) is 57.3 Å². The first-order valence-electron chi connectivity index (χ1n) is 10.1. The second-order valence-electron chi connectivity index (χ2n) is 7.45. The molecule has 3 aromatic rings. The van der Waals surface area contributed by atoms with E-state index in [4.69, 9.17) is 26.8 Å². The minimum atomic E-state index is 0.572. The van der Waals surface area contributed by atoms with Gasteiger partial charge in [-0.05, 0) is 54.9 Å². The third-order valence-corrected chi connectivity index (χ3v) is 5.74. The summed E-state index contributed by atoms with van der Waals surface area (Å²) in [6.07, 6.45) is 5.98. The van der Waals surface area contributed by atoms with Gasteiger partial charge in [0.05, 0.1) is 26.9 Å². The molecule has 0 bridgehead atoms. The van der Waals surface area contributed by atoms with Crippen LogP contribution in [-0.4, -0.2) is 51.1 Å². The molecule has 8 heteroatoms. The lowest BCUT2D eigenvalue weighted by molar-refractivity contribution is 0.180. The summed E-state index contributed by atoms with van der Waals surface area (Å²) in [6.45, 7) is 2.75. The standard InChI is InChI=1S/C22H27N5O2S/c1-28-14-13-26-21(18-9-11-23-12-10-18)24-27(22(26)30)16-25(19-5-6-19)15-17-3-7-20(29-2)8-4-17/h3-4,7-12,19H,5-6,13-16H2,1-2H3. The van der Waals surface area contributed by atoms with Gasteiger partial charge in [0.25, 0.3) is 0 Å². The predicted molar refractivity (Wildman–Crippen MR) is 118 cm³/mol. The Kier molecular flexibility index (Phi) is 6.56. The number of hydrogen-bond acceptors (Lipinski definition) is 6. The maximum atomic E-state index is 5.80. The highest BCUT2D eigenvalue weighted by atomic mass is 32.1. The number of pyridine rings is 1. The van der Waals surface area contributed by atoms with Gasteiger partial charge in [-0.15, -0.1) is 0 Å². The minimum Gasteiger partial charge on any atom is -0.497 e. The van der Waals surface area contributed by atoms with Crippen LogP contribution >= 0.6 is 12.2 Å². The number of nitrogens with zero attached hydrogens (tertiary/aromatic N) is 5. The molecule has 2 aromatic heterocycles. The van der Waals surface area contributed by atoms with Crippen LogP contribution < -0.4 is 4.74 Å². The van der Waals surface area contributed by atoms with E-state index in [1.54, 1.807) is 26.6 Å². The molecule has 1 aliphatic rings. The zero-order valence-electron chi connectivity index (χ0n) is 17.4. The van der Waals surface area contributed by atoms with Crippen LogP contribution in [0.5, 0.6) is 5.75 Å². The van der Waals surface area contributed by atoms with Gasteiger partial charge in [0.2, 0.25) is 0 Å². The molecule has 1 aliphatic carbocycles. The van der Waals surface area contributed by atoms with Crippen molar-refractivity contribution in [3.63, 3.8) is 0 Å². The monoisotopic (exact) mass is 425 g/mol. The summed E-state index contributed by atoms with van der Waals surface area (Å²) < 4.78 is 15.3. The zero-order valence-corrected chi connectivity index (χ0v) is 18.2. The second kappa shape index (κ2) is 9.51. The van der Waals surface area contributed by atoms with E-state index in [-0.39, 0.29) is 0 Å². The highest BCUT2D eigenvalue weighted by Gasteiger charge is 2.30. The molecule has 0 atom stereocenters. The first kappa shape index (κ1) is 20.7. The Labute approximate surface area is 181 Å². The van der Waals surface area contributed by atoms with Crippen molar-refractivity contribution in [2.75, 3.05) is 20.8 Å². The fourth-order valence-electron chi connectivity index (χ4n) is 3.50. The van der Waals surface area contributed by atoms with Gasteiger partial charge in [-0.1, -0.05) is 12.1 Å². The zero-order chi connectivity index (χ0) is 20.9. The first-order valence-corrected chi connectivity index (χ1v) is 10.5. The van der Waals surface area contributed by atoms with Crippen LogP contribution in [0.25, 0.3) is 11.4 Å². The molecular weight excluding hydrogens is 398 g/mol. The van der Waals surface area contributed by atoms with Gasteiger partial charge in [0, 0.05) is 37.7 Å². The van der Waals surface area contributed by atoms with Crippen molar-refractivity contribution in [3.05, 3.63) is 59.1 Å². The highest BCUT2D eigenvalue weighted by molar-refractivity contribution is 7.71. The van der Waals surface area contributed by atoms with Gasteiger partial charge in [-0.25, -0.2) is 4.68 Å². The molecular formula is C22H27N5O2S. The molecule has 4 rings (SSSR count). The summed E-state index contributed by atoms with van der Waals surface area (Å²) in [6, 6.07) is 12.7. The van der Waals surface area contributed by atoms with Crippen molar-refractivity contribution >= 4 is 12.2 Å². The predicted octanol–water partition coefficient (Wildman–Crippen LogP) is 3.75. The molecule has 0 N–H and O–H groups in total. The highest BCUT2D eigenvalue weighted by Crippen LogP contribution is 2.29. The van der Waals surface area contributed by atoms with E-state index in [2.05, 4.69) is 22.0 Å². The minimum absolute atomic E-state index is 0.572. The van der Waals surface area contributed by atoms with E-state index in [1.165, 1.54) is 18.4 Å². The molecule has 30 heavy (non-hydrogen) atoms. The van der Waals surface area contributed by atoms with E-state index in [0.29, 0.717) is 30.6 Å². The van der Waals surface area contributed by atoms with Gasteiger partial charge >= 0.3 is 0 Å². The van der Waals surface area contributed by atoms with Crippen molar-refractivity contribution in [1.82, 2.24) is 24.2 Å². The Balaban J connectivity index is 1.60. The maximum Gasteiger partial charge on any atom is 0.199 e. The summed E-state index contributed by atoms with van der Waals surface area (Å²) >= 11 is 5.80. The van der Waals surface area contributed by atoms with Crippen LogP contribution in [0.1, 0.15) is 18.4 Å². The Morgan fingerprint density at radius 1 is 1.10 bits per heavy atom. The van der Waals surface area contributed by atoms with Crippen LogP contribution in [0.4, 0.5) is 0 Å². The number of hydrogen-bond donors (Lipinski definition) is 0. The summed E-state index contributed by atoms with van der Waals surface area (Å²) in [5, 5.41) is 4.88. The molecule has 7 nitrogen and oxygen atoms in total. The smallest absolute Gasteiger partial charge is 0.199 e. The first-order chi connectivity index (χ1) is 14.7. The Morgan fingerprint density at radius 2 is 1.83 bits per heavy atom. The molecule has 0 unspecified atom stereocenters. The second-order valence-corrected chi connectivity index (χ2v) is 7.82. The fourth-order valence-corrected chi connectivity index (χ4v) is 3.78. The molecule has 2 heterocycles. The number of aromatic nitrogens is 4. The van der Waals surface area contributed by atoms with Gasteiger partial charge in [0.15, 0.2) is 10.6 Å². The third kappa shape index (κ3) is 4.77. The van der Waals surface area contributed by atoms with Crippen molar-refractivity contribution in [2.45, 2.75) is 38.6 Å². The fraction of sp³-hybridized carbons (Fsp3) is 0.409. The van der Waals surface area contributed by atoms with E-state index in [1.807, 2.05) is 33.5 Å². The molecule has 158 valence electrons. The number of methoxy groups -OCH3 is 2. The number of rotatable bonds is 10. The molecule has 0 radical (unpaired) electrons. The summed E-state index contributed by atoms with van der Waals surface area (Å²) in [5.41, 5.74) is 2.25. The van der Waals surface area contributed by atoms with Crippen molar-refractivity contribution in [3.8, 4) is 17.1 Å². The molecule has 0 spiro atoms. The Morgan fingerprint density at radius 3 is 2.47 bits per heavy atom. The van der Waals surface area contributed by atoms with E-state index in [0.717, 1.165) is 23.7 Å².